The third-order valence-electron chi connectivity index (χ3n) is 6.40. The number of nitrogens with zero attached hydrogens (tertiary/aromatic N) is 3. The van der Waals surface area contributed by atoms with Crippen LogP contribution in [-0.4, -0.2) is 45.5 Å². The lowest BCUT2D eigenvalue weighted by Gasteiger charge is -2.22. The number of aromatic amines is 1. The van der Waals surface area contributed by atoms with Gasteiger partial charge in [0, 0.05) is 42.6 Å². The zero-order valence-corrected chi connectivity index (χ0v) is 17.0. The van der Waals surface area contributed by atoms with Crippen LogP contribution >= 0.6 is 0 Å². The number of carbonyl (C=O) groups excluding carboxylic acids is 1. The Kier molecular flexibility index (Phi) is 4.03. The van der Waals surface area contributed by atoms with Crippen molar-refractivity contribution in [2.75, 3.05) is 24.6 Å². The van der Waals surface area contributed by atoms with E-state index >= 15 is 0 Å². The van der Waals surface area contributed by atoms with Gasteiger partial charge < -0.3 is 15.0 Å². The molecule has 2 aliphatic rings. The predicted molar refractivity (Wildman–Crippen MR) is 113 cm³/mol. The number of fused-ring (bicyclic) bond motifs is 2. The van der Waals surface area contributed by atoms with Crippen LogP contribution in [0.25, 0.3) is 22.4 Å². The maximum atomic E-state index is 12.8. The summed E-state index contributed by atoms with van der Waals surface area (Å²) in [6.45, 7) is 8.06. The molecule has 6 heteroatoms. The summed E-state index contributed by atoms with van der Waals surface area (Å²) in [5, 5.41) is 9.38. The maximum Gasteiger partial charge on any atom is 0.171 e. The minimum absolute atomic E-state index is 0.0543. The van der Waals surface area contributed by atoms with E-state index in [-0.39, 0.29) is 5.78 Å². The molecule has 0 radical (unpaired) electrons. The first-order valence-electron chi connectivity index (χ1n) is 10.2. The summed E-state index contributed by atoms with van der Waals surface area (Å²) in [6, 6.07) is 8.35. The maximum absolute atomic E-state index is 12.8. The summed E-state index contributed by atoms with van der Waals surface area (Å²) in [5.74, 6) is 1.81. The fourth-order valence-corrected chi connectivity index (χ4v) is 4.60. The van der Waals surface area contributed by atoms with Crippen LogP contribution in [0.3, 0.4) is 0 Å². The molecule has 0 unspecified atom stereocenters. The number of aliphatic hydroxyl groups excluding tert-OH is 1. The van der Waals surface area contributed by atoms with Gasteiger partial charge in [0.15, 0.2) is 11.4 Å². The molecule has 6 nitrogen and oxygen atoms in total. The lowest BCUT2D eigenvalue weighted by Crippen LogP contribution is -2.24. The summed E-state index contributed by atoms with van der Waals surface area (Å²) in [6.07, 6.45) is 3.47. The van der Waals surface area contributed by atoms with Gasteiger partial charge >= 0.3 is 0 Å². The Bertz CT molecular complexity index is 1090. The van der Waals surface area contributed by atoms with Crippen LogP contribution in [0, 0.1) is 23.2 Å². The molecule has 2 N–H and O–H groups in total. The number of hydrogen-bond acceptors (Lipinski definition) is 5. The Morgan fingerprint density at radius 1 is 1.28 bits per heavy atom. The summed E-state index contributed by atoms with van der Waals surface area (Å²) in [5.41, 5.74) is 4.30. The standard InChI is InChI=1S/C23H26N4O2/c1-23(2,3)21(29)15-8-24-22-20(15)26-19(9-25-22)13-5-4-6-14(7-13)27-10-16-17(11-27)18(16)12-28/h4-9,16-18,28H,10-12H2,1-3H3,(H,24,25)/t16-,17+,18+. The summed E-state index contributed by atoms with van der Waals surface area (Å²) >= 11 is 0. The van der Waals surface area contributed by atoms with Crippen LogP contribution in [0.5, 0.6) is 0 Å². The van der Waals surface area contributed by atoms with Crippen LogP contribution in [0.2, 0.25) is 0 Å². The van der Waals surface area contributed by atoms with Crippen LogP contribution < -0.4 is 4.90 Å². The highest BCUT2D eigenvalue weighted by molar-refractivity contribution is 6.08. The second kappa shape index (κ2) is 6.39. The van der Waals surface area contributed by atoms with Crippen molar-refractivity contribution in [2.24, 2.45) is 23.2 Å². The Labute approximate surface area is 170 Å². The van der Waals surface area contributed by atoms with Gasteiger partial charge in [-0.05, 0) is 29.9 Å². The highest BCUT2D eigenvalue weighted by Gasteiger charge is 2.55. The number of H-pyrrole nitrogens is 1. The van der Waals surface area contributed by atoms with Gasteiger partial charge in [-0.3, -0.25) is 4.79 Å². The number of aliphatic hydroxyl groups is 1. The molecule has 3 atom stereocenters. The number of benzene rings is 1. The lowest BCUT2D eigenvalue weighted by atomic mass is 9.87. The third kappa shape index (κ3) is 3.02. The Balaban J connectivity index is 1.46. The van der Waals surface area contributed by atoms with Gasteiger partial charge in [0.1, 0.15) is 5.52 Å². The van der Waals surface area contributed by atoms with E-state index in [0.29, 0.717) is 41.1 Å². The fourth-order valence-electron chi connectivity index (χ4n) is 4.60. The Hall–Kier alpha value is -2.73. The number of nitrogens with one attached hydrogen (secondary N) is 1. The molecule has 0 bridgehead atoms. The molecule has 1 aromatic carbocycles. The Morgan fingerprint density at radius 3 is 2.72 bits per heavy atom. The van der Waals surface area contributed by atoms with Crippen molar-refractivity contribution < 1.29 is 9.90 Å². The number of hydrogen-bond donors (Lipinski definition) is 2. The van der Waals surface area contributed by atoms with Crippen molar-refractivity contribution in [2.45, 2.75) is 20.8 Å². The molecule has 1 aliphatic heterocycles. The highest BCUT2D eigenvalue weighted by atomic mass is 16.3. The number of piperidine rings is 1. The van der Waals surface area contributed by atoms with Crippen molar-refractivity contribution in [3.05, 3.63) is 42.2 Å². The number of carbonyl (C=O) groups is 1. The lowest BCUT2D eigenvalue weighted by molar-refractivity contribution is 0.0860. The quantitative estimate of drug-likeness (QED) is 0.666. The van der Waals surface area contributed by atoms with Gasteiger partial charge in [-0.1, -0.05) is 32.9 Å². The molecular weight excluding hydrogens is 364 g/mol. The Morgan fingerprint density at radius 2 is 2.03 bits per heavy atom. The molecule has 3 aromatic rings. The molecule has 1 aliphatic carbocycles. The van der Waals surface area contributed by atoms with Crippen LogP contribution in [-0.2, 0) is 0 Å². The number of rotatable bonds is 4. The van der Waals surface area contributed by atoms with Gasteiger partial charge in [0.25, 0.3) is 0 Å². The number of ketones is 1. The van der Waals surface area contributed by atoms with Gasteiger partial charge in [-0.2, -0.15) is 0 Å². The van der Waals surface area contributed by atoms with Crippen molar-refractivity contribution in [3.63, 3.8) is 0 Å². The number of aromatic nitrogens is 3. The van der Waals surface area contributed by atoms with Crippen molar-refractivity contribution >= 4 is 22.6 Å². The molecule has 29 heavy (non-hydrogen) atoms. The number of anilines is 1. The van der Waals surface area contributed by atoms with E-state index in [9.17, 15) is 9.90 Å². The predicted octanol–water partition coefficient (Wildman–Crippen LogP) is 3.53. The molecule has 3 heterocycles. The number of Topliss-reactive ketones (excluding diaryl/α,β-unsaturated/α-hetero) is 1. The zero-order valence-electron chi connectivity index (χ0n) is 17.0. The van der Waals surface area contributed by atoms with Gasteiger partial charge in [-0.15, -0.1) is 0 Å². The van der Waals surface area contributed by atoms with Crippen molar-refractivity contribution in [1.29, 1.82) is 0 Å². The van der Waals surface area contributed by atoms with Gasteiger partial charge in [0.05, 0.1) is 17.5 Å². The molecule has 0 amide bonds. The van der Waals surface area contributed by atoms with Gasteiger partial charge in [0.2, 0.25) is 0 Å². The molecule has 2 aromatic heterocycles. The van der Waals surface area contributed by atoms with E-state index in [1.54, 1.807) is 12.4 Å². The monoisotopic (exact) mass is 390 g/mol. The minimum Gasteiger partial charge on any atom is -0.396 e. The SMILES string of the molecule is CC(C)(C)C(=O)c1c[nH]c2ncc(-c3cccc(N4C[C@@H]5[C@@H](CO)[C@@H]5C4)c3)nc12. The van der Waals surface area contributed by atoms with Crippen LogP contribution in [0.1, 0.15) is 31.1 Å². The van der Waals surface area contributed by atoms with Gasteiger partial charge in [-0.25, -0.2) is 9.97 Å². The summed E-state index contributed by atoms with van der Waals surface area (Å²) in [7, 11) is 0. The van der Waals surface area contributed by atoms with E-state index in [1.807, 2.05) is 32.9 Å². The van der Waals surface area contributed by atoms with E-state index < -0.39 is 5.41 Å². The summed E-state index contributed by atoms with van der Waals surface area (Å²) < 4.78 is 0. The normalized spacial score (nSPS) is 23.4. The van der Waals surface area contributed by atoms with E-state index in [2.05, 4.69) is 27.0 Å². The first kappa shape index (κ1) is 18.3. The van der Waals surface area contributed by atoms with E-state index in [0.717, 1.165) is 24.3 Å². The van der Waals surface area contributed by atoms with Crippen molar-refractivity contribution in [1.82, 2.24) is 15.0 Å². The first-order chi connectivity index (χ1) is 13.9. The topological polar surface area (TPSA) is 82.1 Å². The molecule has 0 spiro atoms. The van der Waals surface area contributed by atoms with Crippen molar-refractivity contribution in [3.8, 4) is 11.3 Å². The van der Waals surface area contributed by atoms with E-state index in [4.69, 9.17) is 4.98 Å². The average molecular weight is 390 g/mol. The largest absolute Gasteiger partial charge is 0.396 e. The molecule has 150 valence electrons. The zero-order chi connectivity index (χ0) is 20.3. The molecule has 5 rings (SSSR count). The average Bonchev–Trinajstić information content (AvgIpc) is 3.05. The molecular formula is C23H26N4O2. The molecule has 1 saturated heterocycles. The second-order valence-electron chi connectivity index (χ2n) is 9.36. The molecule has 2 fully saturated rings. The highest BCUT2D eigenvalue weighted by Crippen LogP contribution is 2.52. The molecule has 1 saturated carbocycles. The summed E-state index contributed by atoms with van der Waals surface area (Å²) in [4.78, 5) is 27.5. The smallest absolute Gasteiger partial charge is 0.171 e. The second-order valence-corrected chi connectivity index (χ2v) is 9.36. The fraction of sp³-hybridized carbons (Fsp3) is 0.435. The third-order valence-corrected chi connectivity index (χ3v) is 6.40. The van der Waals surface area contributed by atoms with Crippen LogP contribution in [0.4, 0.5) is 5.69 Å². The first-order valence-corrected chi connectivity index (χ1v) is 10.2. The minimum atomic E-state index is -0.476. The van der Waals surface area contributed by atoms with E-state index in [1.165, 1.54) is 5.69 Å². The van der Waals surface area contributed by atoms with Crippen LogP contribution in [0.15, 0.2) is 36.7 Å².